The molecule has 1 saturated heterocycles. The van der Waals surface area contributed by atoms with E-state index in [0.29, 0.717) is 10.7 Å². The van der Waals surface area contributed by atoms with E-state index >= 15 is 0 Å². The first kappa shape index (κ1) is 9.54. The lowest BCUT2D eigenvalue weighted by molar-refractivity contribution is -0.150. The normalized spacial score (nSPS) is 31.3. The highest BCUT2D eigenvalue weighted by atomic mass is 32.2. The molecule has 0 aliphatic carbocycles. The Morgan fingerprint density at radius 2 is 2.36 bits per heavy atom. The number of amides is 1. The molecule has 2 heterocycles. The molecule has 0 unspecified atom stereocenters. The number of β-lactam (4-membered cyclic amide) rings is 1. The fraction of sp³-hybridized carbons (Fsp3) is 0.500. The summed E-state index contributed by atoms with van der Waals surface area (Å²) >= 11 is 1.45. The van der Waals surface area contributed by atoms with Gasteiger partial charge in [-0.05, 0) is 6.92 Å². The molecule has 3 N–H and O–H groups in total. The maximum absolute atomic E-state index is 11.4. The minimum Gasteiger partial charge on any atom is -0.477 e. The Bertz CT molecular complexity index is 352. The van der Waals surface area contributed by atoms with Crippen LogP contribution in [0.3, 0.4) is 0 Å². The molecule has 0 spiro atoms. The smallest absolute Gasteiger partial charge is 0.353 e. The number of allylic oxidation sites excluding steroid dienone is 1. The SMILES string of the molecule is CC1=C(C(=O)O)N2C(=O)[C@H](N)[C@@H]2CS1. The van der Waals surface area contributed by atoms with Crippen molar-refractivity contribution >= 4 is 23.6 Å². The predicted octanol–water partition coefficient (Wildman–Crippen LogP) is -0.413. The summed E-state index contributed by atoms with van der Waals surface area (Å²) in [5.41, 5.74) is 5.66. The Morgan fingerprint density at radius 1 is 1.71 bits per heavy atom. The highest BCUT2D eigenvalue weighted by Crippen LogP contribution is 2.37. The molecule has 0 aromatic rings. The maximum Gasteiger partial charge on any atom is 0.353 e. The Hall–Kier alpha value is -1.01. The number of nitrogens with zero attached hydrogens (tertiary/aromatic N) is 1. The second-order valence-electron chi connectivity index (χ2n) is 3.32. The zero-order valence-electron chi connectivity index (χ0n) is 7.56. The van der Waals surface area contributed by atoms with E-state index in [1.165, 1.54) is 16.7 Å². The summed E-state index contributed by atoms with van der Waals surface area (Å²) in [6, 6.07) is -0.660. The van der Waals surface area contributed by atoms with E-state index in [4.69, 9.17) is 10.8 Å². The van der Waals surface area contributed by atoms with Crippen LogP contribution in [-0.4, -0.2) is 39.7 Å². The monoisotopic (exact) mass is 214 g/mol. The average Bonchev–Trinajstić information content (AvgIpc) is 2.15. The van der Waals surface area contributed by atoms with Gasteiger partial charge in [-0.1, -0.05) is 0 Å². The Kier molecular flexibility index (Phi) is 2.04. The number of nitrogens with two attached hydrogens (primary N) is 1. The minimum atomic E-state index is -1.06. The molecule has 6 heteroatoms. The Labute approximate surface area is 84.9 Å². The van der Waals surface area contributed by atoms with Gasteiger partial charge in [0.05, 0.1) is 6.04 Å². The van der Waals surface area contributed by atoms with E-state index in [2.05, 4.69) is 0 Å². The standard InChI is InChI=1S/C8H10N2O3S/c1-3-6(8(12)13)10-4(2-14-3)5(9)7(10)11/h4-5H,2,9H2,1H3,(H,12,13)/t4-,5+/m0/s1. The maximum atomic E-state index is 11.4. The average molecular weight is 214 g/mol. The van der Waals surface area contributed by atoms with E-state index in [1.54, 1.807) is 6.92 Å². The summed E-state index contributed by atoms with van der Waals surface area (Å²) < 4.78 is 0. The van der Waals surface area contributed by atoms with Gasteiger partial charge in [0, 0.05) is 10.7 Å². The number of carbonyl (C=O) groups excluding carboxylic acids is 1. The van der Waals surface area contributed by atoms with Crippen molar-refractivity contribution in [1.29, 1.82) is 0 Å². The van der Waals surface area contributed by atoms with Crippen molar-refractivity contribution in [1.82, 2.24) is 4.90 Å². The molecule has 0 aromatic heterocycles. The number of rotatable bonds is 1. The molecule has 76 valence electrons. The number of aliphatic carboxylic acids is 1. The summed E-state index contributed by atoms with van der Waals surface area (Å²) in [6.45, 7) is 1.71. The Morgan fingerprint density at radius 3 is 2.93 bits per heavy atom. The number of hydrogen-bond donors (Lipinski definition) is 2. The van der Waals surface area contributed by atoms with E-state index in [9.17, 15) is 9.59 Å². The number of thioether (sulfide) groups is 1. The topological polar surface area (TPSA) is 83.6 Å². The van der Waals surface area contributed by atoms with Crippen LogP contribution in [-0.2, 0) is 9.59 Å². The quantitative estimate of drug-likeness (QED) is 0.580. The van der Waals surface area contributed by atoms with Crippen LogP contribution >= 0.6 is 11.8 Å². The van der Waals surface area contributed by atoms with Crippen LogP contribution in [0.4, 0.5) is 0 Å². The molecule has 2 rings (SSSR count). The molecule has 14 heavy (non-hydrogen) atoms. The van der Waals surface area contributed by atoms with Crippen molar-refractivity contribution < 1.29 is 14.7 Å². The molecule has 0 bridgehead atoms. The third-order valence-corrected chi connectivity index (χ3v) is 3.65. The zero-order chi connectivity index (χ0) is 10.5. The van der Waals surface area contributed by atoms with Gasteiger partial charge in [0.1, 0.15) is 11.7 Å². The molecular weight excluding hydrogens is 204 g/mol. The first-order valence-electron chi connectivity index (χ1n) is 4.19. The van der Waals surface area contributed by atoms with Crippen molar-refractivity contribution in [2.75, 3.05) is 5.75 Å². The predicted molar refractivity (Wildman–Crippen MR) is 51.4 cm³/mol. The number of hydrogen-bond acceptors (Lipinski definition) is 4. The molecule has 2 aliphatic heterocycles. The number of carboxylic acid groups (broad SMARTS) is 1. The van der Waals surface area contributed by atoms with Gasteiger partial charge in [-0.25, -0.2) is 4.79 Å². The van der Waals surface area contributed by atoms with Crippen molar-refractivity contribution in [3.8, 4) is 0 Å². The summed E-state index contributed by atoms with van der Waals surface area (Å²) in [6.07, 6.45) is 0. The van der Waals surface area contributed by atoms with E-state index < -0.39 is 12.0 Å². The van der Waals surface area contributed by atoms with Crippen molar-refractivity contribution in [3.63, 3.8) is 0 Å². The third-order valence-electron chi connectivity index (χ3n) is 2.52. The van der Waals surface area contributed by atoms with Crippen LogP contribution in [0.5, 0.6) is 0 Å². The van der Waals surface area contributed by atoms with Gasteiger partial charge in [-0.2, -0.15) is 0 Å². The lowest BCUT2D eigenvalue weighted by Gasteiger charge is -2.48. The minimum absolute atomic E-state index is 0.0953. The highest BCUT2D eigenvalue weighted by Gasteiger charge is 2.50. The molecule has 1 fully saturated rings. The molecule has 2 atom stereocenters. The van der Waals surface area contributed by atoms with Gasteiger partial charge in [-0.15, -0.1) is 11.8 Å². The van der Waals surface area contributed by atoms with Crippen LogP contribution < -0.4 is 5.73 Å². The number of carboxylic acids is 1. The lowest BCUT2D eigenvalue weighted by atomic mass is 9.96. The van der Waals surface area contributed by atoms with E-state index in [0.717, 1.165) is 0 Å². The molecule has 0 saturated carbocycles. The van der Waals surface area contributed by atoms with Crippen LogP contribution in [0.1, 0.15) is 6.92 Å². The van der Waals surface area contributed by atoms with Crippen molar-refractivity contribution in [2.45, 2.75) is 19.0 Å². The molecular formula is C8H10N2O3S. The van der Waals surface area contributed by atoms with Crippen LogP contribution in [0.15, 0.2) is 10.6 Å². The van der Waals surface area contributed by atoms with Gasteiger partial charge in [-0.3, -0.25) is 9.69 Å². The summed E-state index contributed by atoms with van der Waals surface area (Å²) in [5, 5.41) is 8.93. The number of fused-ring (bicyclic) bond motifs is 1. The van der Waals surface area contributed by atoms with E-state index in [-0.39, 0.29) is 17.6 Å². The third kappa shape index (κ3) is 1.07. The van der Waals surface area contributed by atoms with Gasteiger partial charge in [0.25, 0.3) is 0 Å². The largest absolute Gasteiger partial charge is 0.477 e. The van der Waals surface area contributed by atoms with Crippen molar-refractivity contribution in [2.24, 2.45) is 5.73 Å². The van der Waals surface area contributed by atoms with Gasteiger partial charge >= 0.3 is 5.97 Å². The zero-order valence-corrected chi connectivity index (χ0v) is 8.37. The molecule has 0 aromatic carbocycles. The van der Waals surface area contributed by atoms with Crippen LogP contribution in [0, 0.1) is 0 Å². The molecule has 5 nitrogen and oxygen atoms in total. The van der Waals surface area contributed by atoms with E-state index in [1.807, 2.05) is 0 Å². The van der Waals surface area contributed by atoms with Gasteiger partial charge < -0.3 is 10.8 Å². The second-order valence-corrected chi connectivity index (χ2v) is 4.56. The molecule has 1 amide bonds. The first-order chi connectivity index (χ1) is 6.54. The fourth-order valence-electron chi connectivity index (χ4n) is 1.72. The second kappa shape index (κ2) is 2.99. The van der Waals surface area contributed by atoms with Crippen LogP contribution in [0.2, 0.25) is 0 Å². The number of carbonyl (C=O) groups is 2. The highest BCUT2D eigenvalue weighted by molar-refractivity contribution is 8.03. The fourth-order valence-corrected chi connectivity index (χ4v) is 2.82. The van der Waals surface area contributed by atoms with Crippen LogP contribution in [0.25, 0.3) is 0 Å². The Balaban J connectivity index is 2.37. The van der Waals surface area contributed by atoms with Crippen molar-refractivity contribution in [3.05, 3.63) is 10.6 Å². The summed E-state index contributed by atoms with van der Waals surface area (Å²) in [7, 11) is 0. The molecule has 2 aliphatic rings. The first-order valence-corrected chi connectivity index (χ1v) is 5.18. The summed E-state index contributed by atoms with van der Waals surface area (Å²) in [4.78, 5) is 24.2. The molecule has 0 radical (unpaired) electrons. The van der Waals surface area contributed by atoms with Gasteiger partial charge in [0.15, 0.2) is 0 Å². The summed E-state index contributed by atoms with van der Waals surface area (Å²) in [5.74, 6) is -0.651. The van der Waals surface area contributed by atoms with Gasteiger partial charge in [0.2, 0.25) is 5.91 Å². The lowest BCUT2D eigenvalue weighted by Crippen LogP contribution is -2.70.